The minimum Gasteiger partial charge on any atom is -0.495 e. The predicted octanol–water partition coefficient (Wildman–Crippen LogP) is 4.60. The van der Waals surface area contributed by atoms with E-state index in [0.29, 0.717) is 21.6 Å². The highest BCUT2D eigenvalue weighted by molar-refractivity contribution is 9.10. The Morgan fingerprint density at radius 3 is 2.40 bits per heavy atom. The molecule has 0 heterocycles. The third-order valence-corrected chi connectivity index (χ3v) is 6.65. The Balaban J connectivity index is 1.96. The van der Waals surface area contributed by atoms with E-state index in [-0.39, 0.29) is 4.90 Å². The van der Waals surface area contributed by atoms with E-state index < -0.39 is 22.5 Å². The van der Waals surface area contributed by atoms with Crippen LogP contribution in [0, 0.1) is 6.92 Å². The number of sulfonamides is 1. The Morgan fingerprint density at radius 2 is 1.73 bits per heavy atom. The zero-order chi connectivity index (χ0) is 21.7. The first-order chi connectivity index (χ1) is 14.3. The van der Waals surface area contributed by atoms with Gasteiger partial charge in [-0.15, -0.1) is 0 Å². The molecular weight excluding hydrogens is 468 g/mol. The molecule has 0 fully saturated rings. The third kappa shape index (κ3) is 5.01. The van der Waals surface area contributed by atoms with Crippen molar-refractivity contribution >= 4 is 43.2 Å². The first-order valence-corrected chi connectivity index (χ1v) is 11.3. The summed E-state index contributed by atoms with van der Waals surface area (Å²) in [4.78, 5) is 12.9. The average Bonchev–Trinajstić information content (AvgIpc) is 2.72. The van der Waals surface area contributed by atoms with Crippen LogP contribution in [0.15, 0.2) is 82.2 Å². The minimum atomic E-state index is -3.97. The van der Waals surface area contributed by atoms with Gasteiger partial charge in [-0.2, -0.15) is 0 Å². The second-order valence-corrected chi connectivity index (χ2v) is 9.33. The molecule has 0 saturated heterocycles. The molecule has 0 aliphatic heterocycles. The molecule has 0 aliphatic carbocycles. The second kappa shape index (κ2) is 9.32. The van der Waals surface area contributed by atoms with E-state index in [9.17, 15) is 13.2 Å². The molecule has 3 rings (SSSR count). The van der Waals surface area contributed by atoms with Gasteiger partial charge in [-0.3, -0.25) is 9.10 Å². The van der Waals surface area contributed by atoms with Crippen LogP contribution in [-0.4, -0.2) is 28.0 Å². The Kier molecular flexibility index (Phi) is 6.79. The number of hydrogen-bond acceptors (Lipinski definition) is 4. The van der Waals surface area contributed by atoms with Gasteiger partial charge in [-0.05, 0) is 49.4 Å². The first-order valence-electron chi connectivity index (χ1n) is 9.09. The van der Waals surface area contributed by atoms with Crippen LogP contribution in [0.1, 0.15) is 5.56 Å². The summed E-state index contributed by atoms with van der Waals surface area (Å²) in [5.41, 5.74) is 1.78. The van der Waals surface area contributed by atoms with Gasteiger partial charge in [0.15, 0.2) is 0 Å². The second-order valence-electron chi connectivity index (χ2n) is 6.55. The number of anilines is 2. The Morgan fingerprint density at radius 1 is 1.03 bits per heavy atom. The molecule has 0 bridgehead atoms. The fourth-order valence-corrected chi connectivity index (χ4v) is 4.65. The van der Waals surface area contributed by atoms with E-state index in [4.69, 9.17) is 4.74 Å². The molecule has 3 aromatic carbocycles. The van der Waals surface area contributed by atoms with Gasteiger partial charge in [-0.1, -0.05) is 51.8 Å². The number of rotatable bonds is 7. The Labute approximate surface area is 184 Å². The lowest BCUT2D eigenvalue weighted by Gasteiger charge is -2.24. The SMILES string of the molecule is COc1ccccc1NC(=O)CN(c1cccc(Br)c1)S(=O)(=O)c1ccc(C)cc1. The molecule has 1 amide bonds. The van der Waals surface area contributed by atoms with Gasteiger partial charge < -0.3 is 10.1 Å². The maximum atomic E-state index is 13.4. The normalized spacial score (nSPS) is 11.0. The van der Waals surface area contributed by atoms with Crippen molar-refractivity contribution in [2.24, 2.45) is 0 Å². The van der Waals surface area contributed by atoms with Crippen molar-refractivity contribution in [3.8, 4) is 5.75 Å². The smallest absolute Gasteiger partial charge is 0.264 e. The van der Waals surface area contributed by atoms with Crippen LogP contribution >= 0.6 is 15.9 Å². The minimum absolute atomic E-state index is 0.109. The van der Waals surface area contributed by atoms with Crippen molar-refractivity contribution < 1.29 is 17.9 Å². The van der Waals surface area contributed by atoms with E-state index >= 15 is 0 Å². The molecule has 1 N–H and O–H groups in total. The van der Waals surface area contributed by atoms with Crippen molar-refractivity contribution in [1.82, 2.24) is 0 Å². The molecule has 0 radical (unpaired) electrons. The summed E-state index contributed by atoms with van der Waals surface area (Å²) in [6.07, 6.45) is 0. The molecule has 8 heteroatoms. The summed E-state index contributed by atoms with van der Waals surface area (Å²) >= 11 is 3.36. The van der Waals surface area contributed by atoms with E-state index in [1.807, 2.05) is 6.92 Å². The number of benzene rings is 3. The zero-order valence-corrected chi connectivity index (χ0v) is 18.9. The number of carbonyl (C=O) groups is 1. The number of aryl methyl sites for hydroxylation is 1. The molecule has 0 unspecified atom stereocenters. The highest BCUT2D eigenvalue weighted by Crippen LogP contribution is 2.27. The topological polar surface area (TPSA) is 75.7 Å². The number of nitrogens with one attached hydrogen (secondary N) is 1. The van der Waals surface area contributed by atoms with Gasteiger partial charge in [0.05, 0.1) is 23.4 Å². The fraction of sp³-hybridized carbons (Fsp3) is 0.136. The Hall–Kier alpha value is -2.84. The van der Waals surface area contributed by atoms with Crippen LogP contribution in [-0.2, 0) is 14.8 Å². The van der Waals surface area contributed by atoms with Gasteiger partial charge in [0.2, 0.25) is 5.91 Å². The van der Waals surface area contributed by atoms with E-state index in [0.717, 1.165) is 9.87 Å². The van der Waals surface area contributed by atoms with E-state index in [1.54, 1.807) is 60.7 Å². The summed E-state index contributed by atoms with van der Waals surface area (Å²) in [6, 6.07) is 20.3. The van der Waals surface area contributed by atoms with E-state index in [1.165, 1.54) is 19.2 Å². The van der Waals surface area contributed by atoms with Crippen LogP contribution < -0.4 is 14.4 Å². The largest absolute Gasteiger partial charge is 0.495 e. The highest BCUT2D eigenvalue weighted by Gasteiger charge is 2.27. The summed E-state index contributed by atoms with van der Waals surface area (Å²) in [6.45, 7) is 1.48. The van der Waals surface area contributed by atoms with Crippen molar-refractivity contribution in [3.05, 3.63) is 82.8 Å². The fourth-order valence-electron chi connectivity index (χ4n) is 2.85. The number of methoxy groups -OCH3 is 1. The molecule has 30 heavy (non-hydrogen) atoms. The lowest BCUT2D eigenvalue weighted by molar-refractivity contribution is -0.114. The van der Waals surface area contributed by atoms with E-state index in [2.05, 4.69) is 21.2 Å². The van der Waals surface area contributed by atoms with Crippen molar-refractivity contribution in [2.45, 2.75) is 11.8 Å². The van der Waals surface area contributed by atoms with Crippen LogP contribution in [0.5, 0.6) is 5.75 Å². The molecular formula is C22H21BrN2O4S. The van der Waals surface area contributed by atoms with Gasteiger partial charge in [-0.25, -0.2) is 8.42 Å². The lowest BCUT2D eigenvalue weighted by Crippen LogP contribution is -2.38. The molecule has 0 saturated carbocycles. The van der Waals surface area contributed by atoms with Gasteiger partial charge in [0.1, 0.15) is 12.3 Å². The molecule has 3 aromatic rings. The van der Waals surface area contributed by atoms with Gasteiger partial charge in [0.25, 0.3) is 10.0 Å². The summed E-state index contributed by atoms with van der Waals surface area (Å²) in [5.74, 6) is -0.00332. The van der Waals surface area contributed by atoms with Crippen LogP contribution in [0.4, 0.5) is 11.4 Å². The summed E-state index contributed by atoms with van der Waals surface area (Å²) < 4.78 is 33.8. The average molecular weight is 489 g/mol. The summed E-state index contributed by atoms with van der Waals surface area (Å²) in [7, 11) is -2.47. The molecule has 6 nitrogen and oxygen atoms in total. The number of nitrogens with zero attached hydrogens (tertiary/aromatic N) is 1. The number of ether oxygens (including phenoxy) is 1. The zero-order valence-electron chi connectivity index (χ0n) is 16.5. The van der Waals surface area contributed by atoms with Crippen LogP contribution in [0.25, 0.3) is 0 Å². The van der Waals surface area contributed by atoms with Gasteiger partial charge >= 0.3 is 0 Å². The molecule has 0 atom stereocenters. The molecule has 0 aliphatic rings. The van der Waals surface area contributed by atoms with Crippen LogP contribution in [0.3, 0.4) is 0 Å². The number of hydrogen-bond donors (Lipinski definition) is 1. The van der Waals surface area contributed by atoms with Crippen molar-refractivity contribution in [2.75, 3.05) is 23.3 Å². The molecule has 0 spiro atoms. The predicted molar refractivity (Wildman–Crippen MR) is 121 cm³/mol. The lowest BCUT2D eigenvalue weighted by atomic mass is 10.2. The van der Waals surface area contributed by atoms with Crippen LogP contribution in [0.2, 0.25) is 0 Å². The first kappa shape index (κ1) is 21.9. The Bertz CT molecular complexity index is 1150. The summed E-state index contributed by atoms with van der Waals surface area (Å²) in [5, 5.41) is 2.73. The molecule has 156 valence electrons. The number of carbonyl (C=O) groups excluding carboxylic acids is 1. The standard InChI is InChI=1S/C22H21BrN2O4S/c1-16-10-12-19(13-11-16)30(27,28)25(18-7-5-6-17(23)14-18)15-22(26)24-20-8-3-4-9-21(20)29-2/h3-14H,15H2,1-2H3,(H,24,26). The van der Waals surface area contributed by atoms with Crippen molar-refractivity contribution in [1.29, 1.82) is 0 Å². The number of para-hydroxylation sites is 2. The van der Waals surface area contributed by atoms with Gasteiger partial charge in [0, 0.05) is 4.47 Å². The molecule has 0 aromatic heterocycles. The number of halogens is 1. The number of amides is 1. The quantitative estimate of drug-likeness (QED) is 0.527. The highest BCUT2D eigenvalue weighted by atomic mass is 79.9. The third-order valence-electron chi connectivity index (χ3n) is 4.37. The van der Waals surface area contributed by atoms with Crippen molar-refractivity contribution in [3.63, 3.8) is 0 Å². The maximum absolute atomic E-state index is 13.4. The monoisotopic (exact) mass is 488 g/mol. The maximum Gasteiger partial charge on any atom is 0.264 e.